The van der Waals surface area contributed by atoms with Crippen LogP contribution < -0.4 is 10.1 Å². The van der Waals surface area contributed by atoms with Crippen LogP contribution in [0.25, 0.3) is 0 Å². The van der Waals surface area contributed by atoms with Gasteiger partial charge in [-0.05, 0) is 43.7 Å². The Hall–Kier alpha value is -1.42. The first-order chi connectivity index (χ1) is 10.2. The predicted octanol–water partition coefficient (Wildman–Crippen LogP) is 3.70. The van der Waals surface area contributed by atoms with Gasteiger partial charge in [0.1, 0.15) is 0 Å². The van der Waals surface area contributed by atoms with Crippen LogP contribution in [0, 0.1) is 17.7 Å². The van der Waals surface area contributed by atoms with E-state index in [0.29, 0.717) is 30.6 Å². The molecule has 0 fully saturated rings. The van der Waals surface area contributed by atoms with Crippen LogP contribution in [0.3, 0.4) is 0 Å². The number of ether oxygens (including phenoxy) is 1. The Kier molecular flexibility index (Phi) is 6.18. The van der Waals surface area contributed by atoms with Crippen molar-refractivity contribution in [2.24, 2.45) is 11.8 Å². The van der Waals surface area contributed by atoms with Gasteiger partial charge >= 0.3 is 0 Å². The molecule has 1 heterocycles. The summed E-state index contributed by atoms with van der Waals surface area (Å²) in [5.41, 5.74) is 0.616. The van der Waals surface area contributed by atoms with Gasteiger partial charge in [-0.15, -0.1) is 0 Å². The van der Waals surface area contributed by atoms with E-state index in [4.69, 9.17) is 4.74 Å². The third kappa shape index (κ3) is 4.53. The Morgan fingerprint density at radius 3 is 2.95 bits per heavy atom. The van der Waals surface area contributed by atoms with Gasteiger partial charge in [-0.1, -0.05) is 26.0 Å². The van der Waals surface area contributed by atoms with Gasteiger partial charge in [0.2, 0.25) is 0 Å². The Morgan fingerprint density at radius 1 is 1.38 bits per heavy atom. The third-order valence-electron chi connectivity index (χ3n) is 4.03. The number of pyridine rings is 1. The van der Waals surface area contributed by atoms with Crippen LogP contribution in [0.5, 0.6) is 5.88 Å². The van der Waals surface area contributed by atoms with Gasteiger partial charge in [0.25, 0.3) is 5.88 Å². The Morgan fingerprint density at radius 2 is 2.19 bits per heavy atom. The Bertz CT molecular complexity index is 476. The van der Waals surface area contributed by atoms with Crippen molar-refractivity contribution in [3.05, 3.63) is 35.8 Å². The molecule has 0 aromatic carbocycles. The molecule has 2 rings (SSSR count). The Balaban J connectivity index is 1.93. The molecule has 1 aliphatic carbocycles. The van der Waals surface area contributed by atoms with Crippen molar-refractivity contribution >= 4 is 0 Å². The molecule has 0 saturated heterocycles. The highest BCUT2D eigenvalue weighted by molar-refractivity contribution is 5.23. The number of nitrogens with zero attached hydrogens (tertiary/aromatic N) is 1. The molecule has 1 N–H and O–H groups in total. The van der Waals surface area contributed by atoms with Gasteiger partial charge < -0.3 is 10.1 Å². The van der Waals surface area contributed by atoms with Crippen LogP contribution in [0.15, 0.2) is 24.4 Å². The van der Waals surface area contributed by atoms with Gasteiger partial charge in [0.15, 0.2) is 5.82 Å². The second kappa shape index (κ2) is 8.13. The van der Waals surface area contributed by atoms with E-state index in [9.17, 15) is 4.39 Å². The fourth-order valence-electron chi connectivity index (χ4n) is 2.52. The Labute approximate surface area is 126 Å². The molecule has 0 saturated carbocycles. The lowest BCUT2D eigenvalue weighted by Gasteiger charge is -2.25. The summed E-state index contributed by atoms with van der Waals surface area (Å²) in [6, 6.07) is 1.71. The molecule has 1 aromatic heterocycles. The van der Waals surface area contributed by atoms with Gasteiger partial charge in [0.05, 0.1) is 6.61 Å². The minimum absolute atomic E-state index is 0.132. The van der Waals surface area contributed by atoms with Crippen molar-refractivity contribution in [2.75, 3.05) is 13.2 Å². The molecule has 116 valence electrons. The van der Waals surface area contributed by atoms with Gasteiger partial charge in [0, 0.05) is 18.3 Å². The number of hydrogen-bond donors (Lipinski definition) is 1. The summed E-state index contributed by atoms with van der Waals surface area (Å²) in [5.74, 6) is 0.818. The first-order valence-electron chi connectivity index (χ1n) is 7.84. The number of nitrogens with one attached hydrogen (secondary N) is 1. The lowest BCUT2D eigenvalue weighted by molar-refractivity contribution is 0.185. The largest absolute Gasteiger partial charge is 0.475 e. The van der Waals surface area contributed by atoms with Gasteiger partial charge in [-0.2, -0.15) is 0 Å². The molecule has 1 aliphatic rings. The molecule has 0 spiro atoms. The fourth-order valence-corrected chi connectivity index (χ4v) is 2.52. The quantitative estimate of drug-likeness (QED) is 0.614. The smallest absolute Gasteiger partial charge is 0.250 e. The van der Waals surface area contributed by atoms with Crippen molar-refractivity contribution in [3.63, 3.8) is 0 Å². The number of rotatable bonds is 7. The van der Waals surface area contributed by atoms with Crippen LogP contribution >= 0.6 is 0 Å². The molecular weight excluding hydrogens is 267 g/mol. The average molecular weight is 292 g/mol. The van der Waals surface area contributed by atoms with E-state index in [-0.39, 0.29) is 11.7 Å². The summed E-state index contributed by atoms with van der Waals surface area (Å²) < 4.78 is 20.0. The molecule has 0 aliphatic heterocycles. The lowest BCUT2D eigenvalue weighted by atomic mass is 9.85. The minimum atomic E-state index is -0.333. The van der Waals surface area contributed by atoms with E-state index >= 15 is 0 Å². The van der Waals surface area contributed by atoms with Crippen LogP contribution in [-0.4, -0.2) is 18.1 Å². The summed E-state index contributed by atoms with van der Waals surface area (Å²) >= 11 is 0. The highest BCUT2D eigenvalue weighted by Gasteiger charge is 2.20. The molecule has 3 nitrogen and oxygen atoms in total. The highest BCUT2D eigenvalue weighted by Crippen LogP contribution is 2.26. The molecule has 1 aromatic rings. The van der Waals surface area contributed by atoms with E-state index in [1.807, 2.05) is 0 Å². The van der Waals surface area contributed by atoms with E-state index < -0.39 is 0 Å². The lowest BCUT2D eigenvalue weighted by Crippen LogP contribution is -2.22. The third-order valence-corrected chi connectivity index (χ3v) is 4.03. The first-order valence-corrected chi connectivity index (χ1v) is 7.84. The summed E-state index contributed by atoms with van der Waals surface area (Å²) in [6.45, 7) is 6.23. The first kappa shape index (κ1) is 16.0. The van der Waals surface area contributed by atoms with Crippen LogP contribution in [0.2, 0.25) is 0 Å². The summed E-state index contributed by atoms with van der Waals surface area (Å²) in [7, 11) is 0. The van der Waals surface area contributed by atoms with Crippen molar-refractivity contribution in [3.8, 4) is 5.88 Å². The SMILES string of the molecule is CCCNCc1ccnc(OCC2CC=CCC2C)c1F. The minimum Gasteiger partial charge on any atom is -0.475 e. The number of aromatic nitrogens is 1. The van der Waals surface area contributed by atoms with Gasteiger partial charge in [-0.25, -0.2) is 9.37 Å². The molecule has 0 amide bonds. The molecule has 2 unspecified atom stereocenters. The zero-order valence-electron chi connectivity index (χ0n) is 12.9. The zero-order chi connectivity index (χ0) is 15.1. The molecule has 21 heavy (non-hydrogen) atoms. The van der Waals surface area contributed by atoms with Crippen molar-refractivity contribution in [1.82, 2.24) is 10.3 Å². The second-order valence-corrected chi connectivity index (χ2v) is 5.76. The predicted molar refractivity (Wildman–Crippen MR) is 82.7 cm³/mol. The second-order valence-electron chi connectivity index (χ2n) is 5.76. The van der Waals surface area contributed by atoms with Crippen LogP contribution in [0.1, 0.15) is 38.7 Å². The van der Waals surface area contributed by atoms with Crippen molar-refractivity contribution < 1.29 is 9.13 Å². The molecule has 0 bridgehead atoms. The number of halogens is 1. The maximum Gasteiger partial charge on any atom is 0.250 e. The molecular formula is C17H25FN2O. The molecule has 0 radical (unpaired) electrons. The van der Waals surface area contributed by atoms with E-state index in [2.05, 4.69) is 36.3 Å². The van der Waals surface area contributed by atoms with Crippen LogP contribution in [-0.2, 0) is 6.54 Å². The molecule has 2 atom stereocenters. The number of allylic oxidation sites excluding steroid dienone is 2. The monoisotopic (exact) mass is 292 g/mol. The molecule has 4 heteroatoms. The van der Waals surface area contributed by atoms with E-state index in [0.717, 1.165) is 25.8 Å². The summed E-state index contributed by atoms with van der Waals surface area (Å²) in [4.78, 5) is 4.03. The van der Waals surface area contributed by atoms with Gasteiger partial charge in [-0.3, -0.25) is 0 Å². The normalized spacial score (nSPS) is 21.5. The van der Waals surface area contributed by atoms with Crippen LogP contribution in [0.4, 0.5) is 4.39 Å². The fraction of sp³-hybridized carbons (Fsp3) is 0.588. The number of hydrogen-bond acceptors (Lipinski definition) is 3. The maximum absolute atomic E-state index is 14.3. The maximum atomic E-state index is 14.3. The van der Waals surface area contributed by atoms with Crippen molar-refractivity contribution in [2.45, 2.75) is 39.7 Å². The standard InChI is InChI=1S/C17H25FN2O/c1-3-9-19-11-14-8-10-20-17(16(14)18)21-12-15-7-5-4-6-13(15)2/h4-5,8,10,13,15,19H,3,6-7,9,11-12H2,1-2H3. The van der Waals surface area contributed by atoms with Crippen molar-refractivity contribution in [1.29, 1.82) is 0 Å². The zero-order valence-corrected chi connectivity index (χ0v) is 12.9. The topological polar surface area (TPSA) is 34.2 Å². The highest BCUT2D eigenvalue weighted by atomic mass is 19.1. The average Bonchev–Trinajstić information content (AvgIpc) is 2.49. The van der Waals surface area contributed by atoms with E-state index in [1.165, 1.54) is 0 Å². The van der Waals surface area contributed by atoms with E-state index in [1.54, 1.807) is 12.3 Å². The summed E-state index contributed by atoms with van der Waals surface area (Å²) in [5, 5.41) is 3.20. The summed E-state index contributed by atoms with van der Waals surface area (Å²) in [6.07, 6.45) is 9.11.